The molecule has 154 valence electrons. The van der Waals surface area contributed by atoms with E-state index in [1.165, 1.54) is 0 Å². The summed E-state index contributed by atoms with van der Waals surface area (Å²) in [4.78, 5) is 25.5. The molecule has 1 atom stereocenters. The van der Waals surface area contributed by atoms with E-state index in [1.807, 2.05) is 44.2 Å². The maximum atomic E-state index is 12.4. The summed E-state index contributed by atoms with van der Waals surface area (Å²) >= 11 is 0. The number of carbonyl (C=O) groups is 1. The molecule has 0 aliphatic carbocycles. The molecule has 0 aliphatic rings. The number of hydrogen-bond donors (Lipinski definition) is 1. The van der Waals surface area contributed by atoms with Gasteiger partial charge in [0.2, 0.25) is 17.6 Å². The van der Waals surface area contributed by atoms with Crippen LogP contribution in [0.2, 0.25) is 0 Å². The lowest BCUT2D eigenvalue weighted by Crippen LogP contribution is -2.28. The summed E-state index contributed by atoms with van der Waals surface area (Å²) in [5, 5.41) is 11.2. The van der Waals surface area contributed by atoms with Gasteiger partial charge in [0.05, 0.1) is 13.5 Å². The fourth-order valence-corrected chi connectivity index (χ4v) is 3.05. The number of benzene rings is 1. The fourth-order valence-electron chi connectivity index (χ4n) is 3.05. The Balaban J connectivity index is 1.42. The molecule has 3 heterocycles. The first kappa shape index (κ1) is 19.5. The van der Waals surface area contributed by atoms with Crippen molar-refractivity contribution in [3.05, 3.63) is 53.4 Å². The van der Waals surface area contributed by atoms with E-state index in [1.54, 1.807) is 18.5 Å². The van der Waals surface area contributed by atoms with Gasteiger partial charge in [-0.3, -0.25) is 4.79 Å². The zero-order valence-electron chi connectivity index (χ0n) is 17.1. The maximum Gasteiger partial charge on any atom is 0.252 e. The van der Waals surface area contributed by atoms with E-state index in [4.69, 9.17) is 9.26 Å². The van der Waals surface area contributed by atoms with Gasteiger partial charge < -0.3 is 14.6 Å². The van der Waals surface area contributed by atoms with Crippen LogP contribution in [-0.2, 0) is 11.2 Å². The fraction of sp³-hybridized carbons (Fsp3) is 0.300. The smallest absolute Gasteiger partial charge is 0.252 e. The predicted octanol–water partition coefficient (Wildman–Crippen LogP) is 2.22. The first-order valence-electron chi connectivity index (χ1n) is 9.40. The molecule has 0 fully saturated rings. The van der Waals surface area contributed by atoms with Crippen LogP contribution in [-0.4, -0.2) is 42.7 Å². The van der Waals surface area contributed by atoms with E-state index in [9.17, 15) is 4.79 Å². The summed E-state index contributed by atoms with van der Waals surface area (Å²) in [6.07, 6.45) is 0.0195. The van der Waals surface area contributed by atoms with Crippen molar-refractivity contribution in [1.82, 2.24) is 35.0 Å². The van der Waals surface area contributed by atoms with Crippen LogP contribution in [0.4, 0.5) is 0 Å². The number of carbonyl (C=O) groups excluding carboxylic acids is 1. The van der Waals surface area contributed by atoms with Crippen molar-refractivity contribution >= 4 is 11.7 Å². The number of nitrogens with zero attached hydrogens (tertiary/aromatic N) is 6. The highest BCUT2D eigenvalue weighted by Crippen LogP contribution is 2.21. The first-order chi connectivity index (χ1) is 14.4. The normalized spacial score (nSPS) is 12.1. The van der Waals surface area contributed by atoms with E-state index in [2.05, 4.69) is 30.5 Å². The summed E-state index contributed by atoms with van der Waals surface area (Å²) < 4.78 is 12.1. The van der Waals surface area contributed by atoms with Crippen molar-refractivity contribution in [2.75, 3.05) is 7.11 Å². The minimum Gasteiger partial charge on any atom is -0.497 e. The molecule has 0 bridgehead atoms. The minimum absolute atomic E-state index is 0.0195. The molecule has 10 heteroatoms. The molecule has 10 nitrogen and oxygen atoms in total. The van der Waals surface area contributed by atoms with Crippen molar-refractivity contribution in [3.63, 3.8) is 0 Å². The lowest BCUT2D eigenvalue weighted by molar-refractivity contribution is -0.121. The summed E-state index contributed by atoms with van der Waals surface area (Å²) in [5.41, 5.74) is 2.54. The average Bonchev–Trinajstić information content (AvgIpc) is 3.35. The highest BCUT2D eigenvalue weighted by atomic mass is 16.5. The number of fused-ring (bicyclic) bond motifs is 1. The Bertz CT molecular complexity index is 1200. The lowest BCUT2D eigenvalue weighted by atomic mass is 10.2. The number of rotatable bonds is 6. The van der Waals surface area contributed by atoms with Crippen LogP contribution in [0.3, 0.4) is 0 Å². The first-order valence-corrected chi connectivity index (χ1v) is 9.40. The molecule has 0 spiro atoms. The van der Waals surface area contributed by atoms with Crippen molar-refractivity contribution < 1.29 is 14.1 Å². The monoisotopic (exact) mass is 407 g/mol. The lowest BCUT2D eigenvalue weighted by Gasteiger charge is -2.08. The number of nitrogens with one attached hydrogen (secondary N) is 1. The second-order valence-electron chi connectivity index (χ2n) is 6.93. The van der Waals surface area contributed by atoms with E-state index < -0.39 is 6.04 Å². The van der Waals surface area contributed by atoms with E-state index >= 15 is 0 Å². The second kappa shape index (κ2) is 7.90. The standard InChI is InChI=1S/C20H21N7O3/c1-11-9-12(2)27-20(21-11)23-16(25-27)10-17(28)22-13(3)19-24-18(26-30-19)14-5-7-15(29-4)8-6-14/h5-9,13H,10H2,1-4H3,(H,22,28)/t13-/m0/s1. The Kier molecular flexibility index (Phi) is 5.13. The number of ether oxygens (including phenoxy) is 1. The molecular formula is C20H21N7O3. The summed E-state index contributed by atoms with van der Waals surface area (Å²) in [6, 6.07) is 8.75. The van der Waals surface area contributed by atoms with E-state index in [-0.39, 0.29) is 12.3 Å². The Morgan fingerprint density at radius 2 is 1.97 bits per heavy atom. The quantitative estimate of drug-likeness (QED) is 0.516. The Morgan fingerprint density at radius 3 is 2.70 bits per heavy atom. The summed E-state index contributed by atoms with van der Waals surface area (Å²) in [6.45, 7) is 5.58. The van der Waals surface area contributed by atoms with Crippen molar-refractivity contribution in [1.29, 1.82) is 0 Å². The number of methoxy groups -OCH3 is 1. The third-order valence-corrected chi connectivity index (χ3v) is 4.52. The van der Waals surface area contributed by atoms with Gasteiger partial charge in [-0.2, -0.15) is 9.97 Å². The van der Waals surface area contributed by atoms with Crippen molar-refractivity contribution in [2.24, 2.45) is 0 Å². The maximum absolute atomic E-state index is 12.4. The van der Waals surface area contributed by atoms with Gasteiger partial charge in [-0.1, -0.05) is 5.16 Å². The highest BCUT2D eigenvalue weighted by Gasteiger charge is 2.19. The van der Waals surface area contributed by atoms with Gasteiger partial charge >= 0.3 is 0 Å². The van der Waals surface area contributed by atoms with Gasteiger partial charge in [0.1, 0.15) is 11.8 Å². The largest absolute Gasteiger partial charge is 0.497 e. The van der Waals surface area contributed by atoms with Gasteiger partial charge in [-0.15, -0.1) is 5.10 Å². The molecule has 3 aromatic heterocycles. The molecule has 1 amide bonds. The topological polar surface area (TPSA) is 120 Å². The third-order valence-electron chi connectivity index (χ3n) is 4.52. The molecule has 0 unspecified atom stereocenters. The molecule has 0 radical (unpaired) electrons. The average molecular weight is 407 g/mol. The molecule has 0 saturated heterocycles. The van der Waals surface area contributed by atoms with Crippen LogP contribution in [0.1, 0.15) is 36.1 Å². The molecule has 30 heavy (non-hydrogen) atoms. The van der Waals surface area contributed by atoms with Gasteiger partial charge in [-0.25, -0.2) is 9.50 Å². The Hall–Kier alpha value is -3.82. The van der Waals surface area contributed by atoms with Crippen molar-refractivity contribution in [2.45, 2.75) is 33.2 Å². The SMILES string of the molecule is COc1ccc(-c2noc([C@H](C)NC(=O)Cc3nc4nc(C)cc(C)n4n3)n2)cc1. The van der Waals surface area contributed by atoms with E-state index in [0.717, 1.165) is 22.7 Å². The van der Waals surface area contributed by atoms with Crippen LogP contribution < -0.4 is 10.1 Å². The number of hydrogen-bond acceptors (Lipinski definition) is 8. The molecule has 4 rings (SSSR count). The summed E-state index contributed by atoms with van der Waals surface area (Å²) in [7, 11) is 1.60. The number of amides is 1. The minimum atomic E-state index is -0.462. The second-order valence-corrected chi connectivity index (χ2v) is 6.93. The number of aromatic nitrogens is 6. The van der Waals surface area contributed by atoms with Gasteiger partial charge in [0.15, 0.2) is 5.82 Å². The Labute approximate surface area is 172 Å². The molecule has 0 aliphatic heterocycles. The van der Waals surface area contributed by atoms with Crippen LogP contribution in [0.25, 0.3) is 17.2 Å². The van der Waals surface area contributed by atoms with Gasteiger partial charge in [0, 0.05) is 17.0 Å². The van der Waals surface area contributed by atoms with Crippen LogP contribution >= 0.6 is 0 Å². The third kappa shape index (κ3) is 3.97. The molecular weight excluding hydrogens is 386 g/mol. The van der Waals surface area contributed by atoms with Crippen LogP contribution in [0.15, 0.2) is 34.9 Å². The molecule has 1 N–H and O–H groups in total. The Morgan fingerprint density at radius 1 is 1.20 bits per heavy atom. The predicted molar refractivity (Wildman–Crippen MR) is 107 cm³/mol. The molecule has 4 aromatic rings. The summed E-state index contributed by atoms with van der Waals surface area (Å²) in [5.74, 6) is 2.11. The number of aryl methyl sites for hydroxylation is 2. The van der Waals surface area contributed by atoms with Crippen LogP contribution in [0, 0.1) is 13.8 Å². The highest BCUT2D eigenvalue weighted by molar-refractivity contribution is 5.78. The van der Waals surface area contributed by atoms with Crippen molar-refractivity contribution in [3.8, 4) is 17.1 Å². The molecule has 0 saturated carbocycles. The van der Waals surface area contributed by atoms with Crippen LogP contribution in [0.5, 0.6) is 5.75 Å². The van der Waals surface area contributed by atoms with Gasteiger partial charge in [-0.05, 0) is 51.1 Å². The van der Waals surface area contributed by atoms with Gasteiger partial charge in [0.25, 0.3) is 5.78 Å². The zero-order chi connectivity index (χ0) is 21.3. The van der Waals surface area contributed by atoms with E-state index in [0.29, 0.717) is 23.3 Å². The zero-order valence-corrected chi connectivity index (χ0v) is 17.1. The molecule has 1 aromatic carbocycles.